The van der Waals surface area contributed by atoms with Crippen molar-refractivity contribution < 1.29 is 8.78 Å². The summed E-state index contributed by atoms with van der Waals surface area (Å²) in [5.74, 6) is -0.0807. The van der Waals surface area contributed by atoms with Crippen LogP contribution in [0.15, 0.2) is 18.2 Å². The van der Waals surface area contributed by atoms with Gasteiger partial charge in [-0.15, -0.1) is 0 Å². The standard InChI is InChI=1S/C13H19F2N/c1-8(2)9(3)13(16)7-10-6-11(14)4-5-12(10)15/h4-6,8-9,13H,7,16H2,1-3H3. The highest BCUT2D eigenvalue weighted by molar-refractivity contribution is 5.19. The Hall–Kier alpha value is -0.960. The van der Waals surface area contributed by atoms with E-state index in [0.29, 0.717) is 17.9 Å². The summed E-state index contributed by atoms with van der Waals surface area (Å²) in [5.41, 5.74) is 6.34. The Morgan fingerprint density at radius 2 is 1.81 bits per heavy atom. The van der Waals surface area contributed by atoms with Gasteiger partial charge < -0.3 is 5.73 Å². The van der Waals surface area contributed by atoms with E-state index in [4.69, 9.17) is 5.73 Å². The zero-order valence-corrected chi connectivity index (χ0v) is 10.0. The third-order valence-corrected chi connectivity index (χ3v) is 3.19. The van der Waals surface area contributed by atoms with Gasteiger partial charge in [-0.2, -0.15) is 0 Å². The monoisotopic (exact) mass is 227 g/mol. The van der Waals surface area contributed by atoms with Crippen LogP contribution in [-0.4, -0.2) is 6.04 Å². The number of rotatable bonds is 4. The van der Waals surface area contributed by atoms with Crippen molar-refractivity contribution in [2.75, 3.05) is 0 Å². The van der Waals surface area contributed by atoms with Gasteiger partial charge in [-0.1, -0.05) is 20.8 Å². The fraction of sp³-hybridized carbons (Fsp3) is 0.538. The molecule has 90 valence electrons. The minimum atomic E-state index is -0.416. The smallest absolute Gasteiger partial charge is 0.126 e. The largest absolute Gasteiger partial charge is 0.327 e. The molecule has 0 saturated heterocycles. The van der Waals surface area contributed by atoms with E-state index in [9.17, 15) is 8.78 Å². The minimum Gasteiger partial charge on any atom is -0.327 e. The fourth-order valence-electron chi connectivity index (χ4n) is 1.63. The normalized spacial score (nSPS) is 15.2. The van der Waals surface area contributed by atoms with Crippen LogP contribution in [0.1, 0.15) is 26.3 Å². The van der Waals surface area contributed by atoms with E-state index in [2.05, 4.69) is 13.8 Å². The first-order valence-electron chi connectivity index (χ1n) is 5.61. The Bertz CT molecular complexity index is 350. The molecule has 0 amide bonds. The Labute approximate surface area is 95.7 Å². The lowest BCUT2D eigenvalue weighted by Gasteiger charge is -2.23. The molecule has 0 aliphatic rings. The molecule has 0 aliphatic heterocycles. The topological polar surface area (TPSA) is 26.0 Å². The second-order valence-electron chi connectivity index (χ2n) is 4.71. The molecule has 0 bridgehead atoms. The van der Waals surface area contributed by atoms with E-state index in [1.54, 1.807) is 0 Å². The molecule has 0 spiro atoms. The van der Waals surface area contributed by atoms with E-state index < -0.39 is 5.82 Å². The predicted molar refractivity (Wildman–Crippen MR) is 62.0 cm³/mol. The van der Waals surface area contributed by atoms with Gasteiger partial charge in [0, 0.05) is 6.04 Å². The second-order valence-corrected chi connectivity index (χ2v) is 4.71. The van der Waals surface area contributed by atoms with Crippen molar-refractivity contribution in [3.05, 3.63) is 35.4 Å². The molecule has 1 aromatic rings. The van der Waals surface area contributed by atoms with Crippen LogP contribution >= 0.6 is 0 Å². The molecule has 16 heavy (non-hydrogen) atoms. The van der Waals surface area contributed by atoms with E-state index in [0.717, 1.165) is 12.1 Å². The molecule has 1 aromatic carbocycles. The van der Waals surface area contributed by atoms with Crippen LogP contribution in [0, 0.1) is 23.5 Å². The molecule has 0 aromatic heterocycles. The summed E-state index contributed by atoms with van der Waals surface area (Å²) in [6.45, 7) is 6.19. The molecule has 2 N–H and O–H groups in total. The first-order valence-corrected chi connectivity index (χ1v) is 5.61. The second kappa shape index (κ2) is 5.39. The highest BCUT2D eigenvalue weighted by Gasteiger charge is 2.18. The van der Waals surface area contributed by atoms with Crippen LogP contribution in [0.4, 0.5) is 8.78 Å². The first-order chi connectivity index (χ1) is 7.41. The van der Waals surface area contributed by atoms with Crippen LogP contribution in [-0.2, 0) is 6.42 Å². The van der Waals surface area contributed by atoms with Gasteiger partial charge in [0.25, 0.3) is 0 Å². The van der Waals surface area contributed by atoms with Crippen molar-refractivity contribution in [1.29, 1.82) is 0 Å². The number of nitrogens with two attached hydrogens (primary N) is 1. The van der Waals surface area contributed by atoms with Crippen molar-refractivity contribution in [3.63, 3.8) is 0 Å². The Morgan fingerprint density at radius 3 is 2.38 bits per heavy atom. The minimum absolute atomic E-state index is 0.142. The summed E-state index contributed by atoms with van der Waals surface area (Å²) >= 11 is 0. The summed E-state index contributed by atoms with van der Waals surface area (Å²) in [5, 5.41) is 0. The van der Waals surface area contributed by atoms with Gasteiger partial charge in [0.05, 0.1) is 0 Å². The lowest BCUT2D eigenvalue weighted by molar-refractivity contribution is 0.342. The molecule has 1 nitrogen and oxygen atoms in total. The van der Waals surface area contributed by atoms with E-state index in [-0.39, 0.29) is 17.8 Å². The molecule has 2 unspecified atom stereocenters. The maximum absolute atomic E-state index is 13.4. The van der Waals surface area contributed by atoms with E-state index >= 15 is 0 Å². The molecule has 3 heteroatoms. The Balaban J connectivity index is 2.76. The molecule has 0 fully saturated rings. The molecule has 0 radical (unpaired) electrons. The molecular weight excluding hydrogens is 208 g/mol. The number of hydrogen-bond donors (Lipinski definition) is 1. The zero-order valence-electron chi connectivity index (χ0n) is 10.0. The lowest BCUT2D eigenvalue weighted by atomic mass is 9.87. The van der Waals surface area contributed by atoms with Crippen molar-refractivity contribution in [3.8, 4) is 0 Å². The number of hydrogen-bond acceptors (Lipinski definition) is 1. The molecule has 2 atom stereocenters. The summed E-state index contributed by atoms with van der Waals surface area (Å²) in [6, 6.07) is 3.35. The van der Waals surface area contributed by atoms with Crippen molar-refractivity contribution in [2.45, 2.75) is 33.2 Å². The van der Waals surface area contributed by atoms with Crippen LogP contribution < -0.4 is 5.73 Å². The first kappa shape index (κ1) is 13.1. The average molecular weight is 227 g/mol. The maximum atomic E-state index is 13.4. The molecular formula is C13H19F2N. The Morgan fingerprint density at radius 1 is 1.19 bits per heavy atom. The van der Waals surface area contributed by atoms with E-state index in [1.807, 2.05) is 6.92 Å². The molecule has 1 rings (SSSR count). The van der Waals surface area contributed by atoms with Crippen molar-refractivity contribution >= 4 is 0 Å². The summed E-state index contributed by atoms with van der Waals surface area (Å²) in [6.07, 6.45) is 0.378. The van der Waals surface area contributed by atoms with Crippen molar-refractivity contribution in [2.24, 2.45) is 17.6 Å². The Kier molecular flexibility index (Phi) is 4.42. The summed E-state index contributed by atoms with van der Waals surface area (Å²) in [4.78, 5) is 0. The molecule has 0 saturated carbocycles. The number of benzene rings is 1. The summed E-state index contributed by atoms with van der Waals surface area (Å²) < 4.78 is 26.3. The SMILES string of the molecule is CC(C)C(C)C(N)Cc1cc(F)ccc1F. The van der Waals surface area contributed by atoms with Gasteiger partial charge in [-0.25, -0.2) is 8.78 Å². The van der Waals surface area contributed by atoms with Gasteiger partial charge in [-0.05, 0) is 42.0 Å². The van der Waals surface area contributed by atoms with Gasteiger partial charge in [0.2, 0.25) is 0 Å². The van der Waals surface area contributed by atoms with E-state index in [1.165, 1.54) is 6.07 Å². The van der Waals surface area contributed by atoms with Crippen LogP contribution in [0.3, 0.4) is 0 Å². The van der Waals surface area contributed by atoms with Crippen molar-refractivity contribution in [1.82, 2.24) is 0 Å². The third kappa shape index (κ3) is 3.27. The van der Waals surface area contributed by atoms with Gasteiger partial charge in [0.1, 0.15) is 11.6 Å². The lowest BCUT2D eigenvalue weighted by Crippen LogP contribution is -2.33. The van der Waals surface area contributed by atoms with Crippen LogP contribution in [0.5, 0.6) is 0 Å². The van der Waals surface area contributed by atoms with Gasteiger partial charge >= 0.3 is 0 Å². The zero-order chi connectivity index (χ0) is 12.3. The maximum Gasteiger partial charge on any atom is 0.126 e. The number of halogens is 2. The highest BCUT2D eigenvalue weighted by Crippen LogP contribution is 2.18. The highest BCUT2D eigenvalue weighted by atomic mass is 19.1. The third-order valence-electron chi connectivity index (χ3n) is 3.19. The quantitative estimate of drug-likeness (QED) is 0.840. The molecule has 0 heterocycles. The van der Waals surface area contributed by atoms with Gasteiger partial charge in [-0.3, -0.25) is 0 Å². The van der Waals surface area contributed by atoms with Gasteiger partial charge in [0.15, 0.2) is 0 Å². The average Bonchev–Trinajstić information content (AvgIpc) is 2.22. The fourth-order valence-corrected chi connectivity index (χ4v) is 1.63. The molecule has 0 aliphatic carbocycles. The summed E-state index contributed by atoms with van der Waals surface area (Å²) in [7, 11) is 0. The predicted octanol–water partition coefficient (Wildman–Crippen LogP) is 3.13. The van der Waals surface area contributed by atoms with Crippen LogP contribution in [0.25, 0.3) is 0 Å². The van der Waals surface area contributed by atoms with Crippen LogP contribution in [0.2, 0.25) is 0 Å².